The summed E-state index contributed by atoms with van der Waals surface area (Å²) in [5.41, 5.74) is 2.78. The summed E-state index contributed by atoms with van der Waals surface area (Å²) >= 11 is 0. The molecule has 3 aromatic carbocycles. The number of hydrogen-bond donors (Lipinski definition) is 0. The molecule has 0 saturated heterocycles. The zero-order valence-electron chi connectivity index (χ0n) is 20.9. The Labute approximate surface area is 211 Å². The van der Waals surface area contributed by atoms with Gasteiger partial charge in [0.25, 0.3) is 0 Å². The molecule has 8 nitrogen and oxygen atoms in total. The predicted molar refractivity (Wildman–Crippen MR) is 141 cm³/mol. The normalized spacial score (nSPS) is 15.2. The highest BCUT2D eigenvalue weighted by atomic mass is 16.5. The summed E-state index contributed by atoms with van der Waals surface area (Å²) in [7, 11) is 7.33. The second kappa shape index (κ2) is 11.8. The highest BCUT2D eigenvalue weighted by molar-refractivity contribution is 5.44. The standard InChI is InChI=1S/C28H30N6O2/c1-33(2)31-29-23-9-17-27(18-10-23)35-25-13-5-21(6-14-25)22-7-15-26(16-8-22)36-28-19-11-24(12-20-28)30-32-34(3)4/h5-7,9-20,22H,8H2,1-4H3. The molecular weight excluding hydrogens is 452 g/mol. The summed E-state index contributed by atoms with van der Waals surface area (Å²) < 4.78 is 12.0. The Kier molecular flexibility index (Phi) is 8.08. The Morgan fingerprint density at radius 2 is 1.11 bits per heavy atom. The fourth-order valence-corrected chi connectivity index (χ4v) is 3.42. The van der Waals surface area contributed by atoms with Crippen LogP contribution in [0.25, 0.3) is 0 Å². The van der Waals surface area contributed by atoms with Gasteiger partial charge >= 0.3 is 0 Å². The van der Waals surface area contributed by atoms with E-state index in [0.717, 1.165) is 40.8 Å². The lowest BCUT2D eigenvalue weighted by Crippen LogP contribution is -2.02. The summed E-state index contributed by atoms with van der Waals surface area (Å²) in [6, 6.07) is 23.3. The molecule has 0 amide bonds. The van der Waals surface area contributed by atoms with Crippen LogP contribution in [0.3, 0.4) is 0 Å². The van der Waals surface area contributed by atoms with Crippen LogP contribution in [0.4, 0.5) is 11.4 Å². The zero-order valence-corrected chi connectivity index (χ0v) is 20.9. The molecule has 0 bridgehead atoms. The topological polar surface area (TPSA) is 74.4 Å². The summed E-state index contributed by atoms with van der Waals surface area (Å²) in [4.78, 5) is 0. The maximum Gasteiger partial charge on any atom is 0.127 e. The molecule has 0 aliphatic heterocycles. The zero-order chi connectivity index (χ0) is 25.3. The quantitative estimate of drug-likeness (QED) is 0.232. The lowest BCUT2D eigenvalue weighted by atomic mass is 9.92. The summed E-state index contributed by atoms with van der Waals surface area (Å²) in [6.45, 7) is 0. The molecule has 0 saturated carbocycles. The molecular formula is C28H30N6O2. The van der Waals surface area contributed by atoms with Crippen LogP contribution in [0.2, 0.25) is 0 Å². The highest BCUT2D eigenvalue weighted by Gasteiger charge is 2.13. The molecule has 0 N–H and O–H groups in total. The lowest BCUT2D eigenvalue weighted by molar-refractivity contribution is 0.408. The fourth-order valence-electron chi connectivity index (χ4n) is 3.42. The first-order chi connectivity index (χ1) is 17.4. The second-order valence-corrected chi connectivity index (χ2v) is 8.64. The minimum atomic E-state index is 0.293. The average Bonchev–Trinajstić information content (AvgIpc) is 2.89. The van der Waals surface area contributed by atoms with Gasteiger partial charge in [-0.3, -0.25) is 10.0 Å². The van der Waals surface area contributed by atoms with Gasteiger partial charge in [0.2, 0.25) is 0 Å². The number of hydrogen-bond acceptors (Lipinski definition) is 6. The average molecular weight is 483 g/mol. The molecule has 8 heteroatoms. The molecule has 0 radical (unpaired) electrons. The molecule has 36 heavy (non-hydrogen) atoms. The maximum absolute atomic E-state index is 6.00. The van der Waals surface area contributed by atoms with Crippen molar-refractivity contribution in [3.8, 4) is 17.2 Å². The van der Waals surface area contributed by atoms with Crippen molar-refractivity contribution >= 4 is 11.4 Å². The van der Waals surface area contributed by atoms with E-state index in [4.69, 9.17) is 9.47 Å². The first kappa shape index (κ1) is 24.7. The van der Waals surface area contributed by atoms with E-state index in [0.29, 0.717) is 5.92 Å². The van der Waals surface area contributed by atoms with Crippen molar-refractivity contribution in [2.45, 2.75) is 12.3 Å². The van der Waals surface area contributed by atoms with Crippen molar-refractivity contribution in [1.82, 2.24) is 10.0 Å². The number of ether oxygens (including phenoxy) is 2. The minimum absolute atomic E-state index is 0.293. The van der Waals surface area contributed by atoms with Gasteiger partial charge in [-0.2, -0.15) is 0 Å². The SMILES string of the molecule is CN(C)N=Nc1ccc(OC2=CCC(c3ccc(Oc4ccc(N=NN(C)C)cc4)cc3)C=C2)cc1. The molecule has 1 aliphatic carbocycles. The fraction of sp³-hybridized carbons (Fsp3) is 0.214. The van der Waals surface area contributed by atoms with Gasteiger partial charge in [0.05, 0.1) is 11.4 Å². The van der Waals surface area contributed by atoms with Gasteiger partial charge in [0, 0.05) is 34.1 Å². The minimum Gasteiger partial charge on any atom is -0.458 e. The summed E-state index contributed by atoms with van der Waals surface area (Å²) in [5.74, 6) is 3.43. The van der Waals surface area contributed by atoms with E-state index >= 15 is 0 Å². The van der Waals surface area contributed by atoms with Crippen LogP contribution in [-0.4, -0.2) is 38.2 Å². The van der Waals surface area contributed by atoms with Crippen LogP contribution in [0.5, 0.6) is 17.2 Å². The lowest BCUT2D eigenvalue weighted by Gasteiger charge is -2.17. The molecule has 4 rings (SSSR count). The largest absolute Gasteiger partial charge is 0.458 e. The maximum atomic E-state index is 6.00. The van der Waals surface area contributed by atoms with Crippen LogP contribution in [0.1, 0.15) is 17.9 Å². The van der Waals surface area contributed by atoms with Crippen LogP contribution in [-0.2, 0) is 0 Å². The van der Waals surface area contributed by atoms with E-state index in [1.165, 1.54) is 5.56 Å². The first-order valence-electron chi connectivity index (χ1n) is 11.7. The van der Waals surface area contributed by atoms with Gasteiger partial charge in [-0.1, -0.05) is 28.7 Å². The number of benzene rings is 3. The molecule has 1 atom stereocenters. The number of nitrogens with zero attached hydrogens (tertiary/aromatic N) is 6. The monoisotopic (exact) mass is 482 g/mol. The Hall–Kier alpha value is -4.46. The molecule has 3 aromatic rings. The Morgan fingerprint density at radius 3 is 1.56 bits per heavy atom. The van der Waals surface area contributed by atoms with Crippen molar-refractivity contribution in [1.29, 1.82) is 0 Å². The van der Waals surface area contributed by atoms with Crippen molar-refractivity contribution in [2.24, 2.45) is 20.7 Å². The van der Waals surface area contributed by atoms with Gasteiger partial charge in [-0.25, -0.2) is 0 Å². The van der Waals surface area contributed by atoms with E-state index in [9.17, 15) is 0 Å². The van der Waals surface area contributed by atoms with Crippen molar-refractivity contribution < 1.29 is 9.47 Å². The number of allylic oxidation sites excluding steroid dienone is 3. The Balaban J connectivity index is 1.29. The molecule has 1 aliphatic rings. The van der Waals surface area contributed by atoms with Gasteiger partial charge < -0.3 is 9.47 Å². The Morgan fingerprint density at radius 1 is 0.639 bits per heavy atom. The summed E-state index contributed by atoms with van der Waals surface area (Å²) in [6.07, 6.45) is 7.17. The molecule has 0 fully saturated rings. The van der Waals surface area contributed by atoms with Gasteiger partial charge in [-0.15, -0.1) is 10.2 Å². The van der Waals surface area contributed by atoms with E-state index < -0.39 is 0 Å². The van der Waals surface area contributed by atoms with E-state index in [1.807, 2.05) is 94.9 Å². The van der Waals surface area contributed by atoms with Crippen LogP contribution >= 0.6 is 0 Å². The molecule has 0 aromatic heterocycles. The van der Waals surface area contributed by atoms with Crippen molar-refractivity contribution in [3.63, 3.8) is 0 Å². The number of rotatable bonds is 9. The third-order valence-corrected chi connectivity index (χ3v) is 5.20. The molecule has 184 valence electrons. The Bertz CT molecular complexity index is 1240. The molecule has 0 spiro atoms. The van der Waals surface area contributed by atoms with Gasteiger partial charge in [0.1, 0.15) is 23.0 Å². The van der Waals surface area contributed by atoms with Crippen LogP contribution < -0.4 is 9.47 Å². The van der Waals surface area contributed by atoms with E-state index in [1.54, 1.807) is 10.0 Å². The summed E-state index contributed by atoms with van der Waals surface area (Å²) in [5, 5.41) is 19.6. The van der Waals surface area contributed by atoms with Gasteiger partial charge in [-0.05, 0) is 84.8 Å². The third kappa shape index (κ3) is 7.27. The second-order valence-electron chi connectivity index (χ2n) is 8.64. The van der Waals surface area contributed by atoms with E-state index in [-0.39, 0.29) is 0 Å². The first-order valence-corrected chi connectivity index (χ1v) is 11.7. The van der Waals surface area contributed by atoms with Crippen molar-refractivity contribution in [3.05, 3.63) is 102 Å². The smallest absolute Gasteiger partial charge is 0.127 e. The van der Waals surface area contributed by atoms with Crippen LogP contribution in [0, 0.1) is 0 Å². The van der Waals surface area contributed by atoms with E-state index in [2.05, 4.69) is 45.0 Å². The molecule has 1 unspecified atom stereocenters. The van der Waals surface area contributed by atoms with Crippen LogP contribution in [0.15, 0.2) is 117 Å². The molecule has 0 heterocycles. The third-order valence-electron chi connectivity index (χ3n) is 5.20. The highest BCUT2D eigenvalue weighted by Crippen LogP contribution is 2.31. The predicted octanol–water partition coefficient (Wildman–Crippen LogP) is 7.61. The van der Waals surface area contributed by atoms with Gasteiger partial charge in [0.15, 0.2) is 0 Å². The van der Waals surface area contributed by atoms with Crippen molar-refractivity contribution in [2.75, 3.05) is 28.2 Å².